The van der Waals surface area contributed by atoms with E-state index in [1.807, 2.05) is 68.4 Å². The van der Waals surface area contributed by atoms with Gasteiger partial charge in [-0.05, 0) is 73.0 Å². The molecule has 0 aliphatic carbocycles. The van der Waals surface area contributed by atoms with Gasteiger partial charge in [0.2, 0.25) is 5.91 Å². The molecule has 51 heavy (non-hydrogen) atoms. The summed E-state index contributed by atoms with van der Waals surface area (Å²) in [4.78, 5) is 41.8. The second kappa shape index (κ2) is 17.1. The Morgan fingerprint density at radius 3 is 1.92 bits per heavy atom. The van der Waals surface area contributed by atoms with E-state index in [-0.39, 0.29) is 11.6 Å². The zero-order chi connectivity index (χ0) is 36.3. The molecule has 0 aliphatic rings. The average Bonchev–Trinajstić information content (AvgIpc) is 3.15. The van der Waals surface area contributed by atoms with Gasteiger partial charge in [0.05, 0.1) is 21.3 Å². The Morgan fingerprint density at radius 2 is 1.27 bits per heavy atom. The lowest BCUT2D eigenvalue weighted by molar-refractivity contribution is -0.116. The highest BCUT2D eigenvalue weighted by Gasteiger charge is 2.24. The summed E-state index contributed by atoms with van der Waals surface area (Å²) < 4.78 is 16.5. The molecule has 0 saturated carbocycles. The standard InChI is InChI=1S/C41H39N3O6S/c1-26-14-12-15-27(2)37(26)44-41(47)38(28-16-8-6-9-17-28)51-32-21-13-20-31(24-32)42-40(46)33(43-39(45)29-18-10-7-11-19-29)22-30-23-35(49-4)36(50-5)25-34(30)48-3/h6-25,38H,1-5H3,(H,42,46)(H,43,45)(H,44,47)/b33-22+. The molecule has 5 rings (SSSR count). The fourth-order valence-corrected chi connectivity index (χ4v) is 6.43. The molecule has 0 aliphatic heterocycles. The van der Waals surface area contributed by atoms with Gasteiger partial charge >= 0.3 is 0 Å². The number of benzene rings is 5. The Labute approximate surface area is 302 Å². The zero-order valence-corrected chi connectivity index (χ0v) is 29.8. The lowest BCUT2D eigenvalue weighted by atomic mass is 10.1. The fraction of sp³-hybridized carbons (Fsp3) is 0.146. The maximum Gasteiger partial charge on any atom is 0.272 e. The molecule has 1 atom stereocenters. The van der Waals surface area contributed by atoms with Crippen molar-refractivity contribution in [1.29, 1.82) is 0 Å². The van der Waals surface area contributed by atoms with E-state index in [0.717, 1.165) is 27.3 Å². The molecule has 0 fully saturated rings. The molecule has 5 aromatic rings. The average molecular weight is 702 g/mol. The van der Waals surface area contributed by atoms with Crippen LogP contribution in [0, 0.1) is 13.8 Å². The van der Waals surface area contributed by atoms with Crippen LogP contribution in [0.1, 0.15) is 37.9 Å². The number of aryl methyl sites for hydroxylation is 2. The van der Waals surface area contributed by atoms with Crippen LogP contribution in [0.5, 0.6) is 17.2 Å². The van der Waals surface area contributed by atoms with E-state index in [1.165, 1.54) is 39.2 Å². The van der Waals surface area contributed by atoms with E-state index in [2.05, 4.69) is 16.0 Å². The predicted octanol–water partition coefficient (Wildman–Crippen LogP) is 8.21. The molecule has 0 saturated heterocycles. The van der Waals surface area contributed by atoms with Crippen LogP contribution < -0.4 is 30.2 Å². The summed E-state index contributed by atoms with van der Waals surface area (Å²) in [6.45, 7) is 3.93. The highest BCUT2D eigenvalue weighted by atomic mass is 32.2. The van der Waals surface area contributed by atoms with Crippen molar-refractivity contribution in [2.24, 2.45) is 0 Å². The Morgan fingerprint density at radius 1 is 0.667 bits per heavy atom. The number of hydrogen-bond donors (Lipinski definition) is 3. The second-order valence-electron chi connectivity index (χ2n) is 11.5. The highest BCUT2D eigenvalue weighted by Crippen LogP contribution is 2.38. The number of thioether (sulfide) groups is 1. The van der Waals surface area contributed by atoms with Crippen molar-refractivity contribution in [1.82, 2.24) is 5.32 Å². The molecule has 0 bridgehead atoms. The number of hydrogen-bond acceptors (Lipinski definition) is 7. The van der Waals surface area contributed by atoms with Crippen LogP contribution >= 0.6 is 11.8 Å². The van der Waals surface area contributed by atoms with Gasteiger partial charge in [-0.1, -0.05) is 72.8 Å². The summed E-state index contributed by atoms with van der Waals surface area (Å²) in [7, 11) is 4.51. The third-order valence-corrected chi connectivity index (χ3v) is 9.23. The van der Waals surface area contributed by atoms with E-state index >= 15 is 0 Å². The lowest BCUT2D eigenvalue weighted by Crippen LogP contribution is -2.30. The summed E-state index contributed by atoms with van der Waals surface area (Å²) in [5.74, 6) is 0.0360. The van der Waals surface area contributed by atoms with E-state index in [0.29, 0.717) is 34.1 Å². The molecule has 1 unspecified atom stereocenters. The molecule has 0 aromatic heterocycles. The molecule has 3 amide bonds. The zero-order valence-electron chi connectivity index (χ0n) is 29.0. The molecule has 10 heteroatoms. The van der Waals surface area contributed by atoms with Gasteiger partial charge in [-0.3, -0.25) is 14.4 Å². The first-order valence-electron chi connectivity index (χ1n) is 16.1. The largest absolute Gasteiger partial charge is 0.496 e. The van der Waals surface area contributed by atoms with Gasteiger partial charge in [0.15, 0.2) is 11.5 Å². The molecular weight excluding hydrogens is 663 g/mol. The van der Waals surface area contributed by atoms with Gasteiger partial charge < -0.3 is 30.2 Å². The van der Waals surface area contributed by atoms with Gasteiger partial charge in [0.25, 0.3) is 11.8 Å². The molecule has 260 valence electrons. The highest BCUT2D eigenvalue weighted by molar-refractivity contribution is 8.00. The summed E-state index contributed by atoms with van der Waals surface area (Å²) in [5, 5.41) is 8.22. The first-order chi connectivity index (χ1) is 24.7. The summed E-state index contributed by atoms with van der Waals surface area (Å²) >= 11 is 1.36. The molecule has 5 aromatic carbocycles. The van der Waals surface area contributed by atoms with Crippen molar-refractivity contribution >= 4 is 46.9 Å². The minimum absolute atomic E-state index is 0.0393. The minimum Gasteiger partial charge on any atom is -0.496 e. The molecular formula is C41H39N3O6S. The second-order valence-corrected chi connectivity index (χ2v) is 12.7. The Balaban J connectivity index is 1.45. The number of carbonyl (C=O) groups is 3. The smallest absolute Gasteiger partial charge is 0.272 e. The van der Waals surface area contributed by atoms with Crippen molar-refractivity contribution in [3.8, 4) is 17.2 Å². The predicted molar refractivity (Wildman–Crippen MR) is 203 cm³/mol. The Kier molecular flexibility index (Phi) is 12.2. The van der Waals surface area contributed by atoms with Gasteiger partial charge in [-0.2, -0.15) is 0 Å². The van der Waals surface area contributed by atoms with E-state index in [1.54, 1.807) is 60.7 Å². The number of anilines is 2. The van der Waals surface area contributed by atoms with Crippen LogP contribution in [0.25, 0.3) is 6.08 Å². The van der Waals surface area contributed by atoms with E-state index in [4.69, 9.17) is 14.2 Å². The lowest BCUT2D eigenvalue weighted by Gasteiger charge is -2.19. The van der Waals surface area contributed by atoms with Crippen LogP contribution in [0.3, 0.4) is 0 Å². The van der Waals surface area contributed by atoms with Crippen molar-refractivity contribution in [2.45, 2.75) is 24.0 Å². The fourth-order valence-electron chi connectivity index (χ4n) is 5.35. The molecule has 0 heterocycles. The SMILES string of the molecule is COc1cc(OC)c(OC)cc1/C=C(/NC(=O)c1ccccc1)C(=O)Nc1cccc(SC(C(=O)Nc2c(C)cccc2C)c2ccccc2)c1. The van der Waals surface area contributed by atoms with Gasteiger partial charge in [0.1, 0.15) is 16.7 Å². The van der Waals surface area contributed by atoms with Crippen LogP contribution in [-0.2, 0) is 9.59 Å². The van der Waals surface area contributed by atoms with E-state index < -0.39 is 17.1 Å². The van der Waals surface area contributed by atoms with Crippen LogP contribution in [-0.4, -0.2) is 39.1 Å². The van der Waals surface area contributed by atoms with Gasteiger partial charge in [-0.25, -0.2) is 0 Å². The molecule has 0 spiro atoms. The normalized spacial score (nSPS) is 11.6. The van der Waals surface area contributed by atoms with Crippen molar-refractivity contribution < 1.29 is 28.6 Å². The van der Waals surface area contributed by atoms with Crippen LogP contribution in [0.15, 0.2) is 126 Å². The first kappa shape index (κ1) is 36.3. The minimum atomic E-state index is -0.589. The summed E-state index contributed by atoms with van der Waals surface area (Å²) in [5.41, 5.74) is 4.83. The molecule has 3 N–H and O–H groups in total. The number of nitrogens with one attached hydrogen (secondary N) is 3. The maximum absolute atomic E-state index is 13.9. The van der Waals surface area contributed by atoms with Crippen molar-refractivity contribution in [2.75, 3.05) is 32.0 Å². The summed E-state index contributed by atoms with van der Waals surface area (Å²) in [6, 6.07) is 34.5. The third kappa shape index (κ3) is 9.17. The maximum atomic E-state index is 13.9. The van der Waals surface area contributed by atoms with E-state index in [9.17, 15) is 14.4 Å². The number of ether oxygens (including phenoxy) is 3. The number of carbonyl (C=O) groups excluding carboxylic acids is 3. The van der Waals surface area contributed by atoms with Crippen molar-refractivity contribution in [3.05, 3.63) is 149 Å². The van der Waals surface area contributed by atoms with Crippen molar-refractivity contribution in [3.63, 3.8) is 0 Å². The molecule has 9 nitrogen and oxygen atoms in total. The number of amides is 3. The Hall–Kier alpha value is -6.00. The Bertz CT molecular complexity index is 2030. The molecule has 0 radical (unpaired) electrons. The number of rotatable bonds is 13. The number of methoxy groups -OCH3 is 3. The topological polar surface area (TPSA) is 115 Å². The quantitative estimate of drug-likeness (QED) is 0.0838. The number of para-hydroxylation sites is 1. The van der Waals surface area contributed by atoms with Crippen LogP contribution in [0.4, 0.5) is 11.4 Å². The first-order valence-corrected chi connectivity index (χ1v) is 17.0. The van der Waals surface area contributed by atoms with Gasteiger partial charge in [0, 0.05) is 33.5 Å². The van der Waals surface area contributed by atoms with Crippen LogP contribution in [0.2, 0.25) is 0 Å². The monoisotopic (exact) mass is 701 g/mol. The van der Waals surface area contributed by atoms with Gasteiger partial charge in [-0.15, -0.1) is 11.8 Å². The third-order valence-electron chi connectivity index (χ3n) is 7.98. The summed E-state index contributed by atoms with van der Waals surface area (Å²) in [6.07, 6.45) is 1.51.